The average molecular weight is 398 g/mol. The number of piperidine rings is 1. The van der Waals surface area contributed by atoms with Gasteiger partial charge < -0.3 is 9.47 Å². The number of benzene rings is 1. The molecule has 1 saturated heterocycles. The first-order chi connectivity index (χ1) is 11.6. The molecule has 2 rings (SSSR count). The molecular weight excluding hydrogens is 370 g/mol. The van der Waals surface area contributed by atoms with Crippen LogP contribution < -0.4 is 4.74 Å². The molecule has 0 amide bonds. The average Bonchev–Trinajstić information content (AvgIpc) is 2.57. The van der Waals surface area contributed by atoms with E-state index in [1.54, 1.807) is 0 Å². The Morgan fingerprint density at radius 1 is 1.33 bits per heavy atom. The van der Waals surface area contributed by atoms with Gasteiger partial charge in [-0.15, -0.1) is 0 Å². The van der Waals surface area contributed by atoms with Crippen molar-refractivity contribution < 1.29 is 14.3 Å². The van der Waals surface area contributed by atoms with E-state index in [0.29, 0.717) is 13.2 Å². The topological polar surface area (TPSA) is 38.8 Å². The zero-order chi connectivity index (χ0) is 17.4. The van der Waals surface area contributed by atoms with E-state index in [2.05, 4.69) is 27.8 Å². The van der Waals surface area contributed by atoms with Crippen molar-refractivity contribution >= 4 is 21.9 Å². The van der Waals surface area contributed by atoms with Crippen LogP contribution in [-0.2, 0) is 9.53 Å². The van der Waals surface area contributed by atoms with Gasteiger partial charge in [0.2, 0.25) is 0 Å². The minimum Gasteiger partial charge on any atom is -0.493 e. The van der Waals surface area contributed by atoms with Gasteiger partial charge in [-0.1, -0.05) is 22.0 Å². The molecule has 0 N–H and O–H groups in total. The fourth-order valence-electron chi connectivity index (χ4n) is 3.12. The molecular formula is C19H28BrNO3. The largest absolute Gasteiger partial charge is 0.493 e. The number of halogens is 1. The normalized spacial score (nSPS) is 16.1. The van der Waals surface area contributed by atoms with Crippen LogP contribution in [0.3, 0.4) is 0 Å². The Hall–Kier alpha value is -1.07. The van der Waals surface area contributed by atoms with Gasteiger partial charge in [-0.2, -0.15) is 0 Å². The summed E-state index contributed by atoms with van der Waals surface area (Å²) in [4.78, 5) is 13.7. The SMILES string of the molecule is CCOC(=O)CN1CCC(CCCOc2cccc(Br)c2C)CC1. The molecule has 24 heavy (non-hydrogen) atoms. The van der Waals surface area contributed by atoms with E-state index < -0.39 is 0 Å². The van der Waals surface area contributed by atoms with Crippen LogP contribution in [0.25, 0.3) is 0 Å². The first kappa shape index (κ1) is 19.3. The Kier molecular flexibility index (Phi) is 8.06. The monoisotopic (exact) mass is 397 g/mol. The number of rotatable bonds is 8. The Morgan fingerprint density at radius 3 is 2.79 bits per heavy atom. The fraction of sp³-hybridized carbons (Fsp3) is 0.632. The summed E-state index contributed by atoms with van der Waals surface area (Å²) < 4.78 is 12.0. The second-order valence-electron chi connectivity index (χ2n) is 6.38. The Balaban J connectivity index is 1.61. The minimum absolute atomic E-state index is 0.103. The van der Waals surface area contributed by atoms with Crippen LogP contribution in [0.1, 0.15) is 38.2 Å². The van der Waals surface area contributed by atoms with Crippen LogP contribution in [0.4, 0.5) is 0 Å². The molecule has 1 aliphatic rings. The van der Waals surface area contributed by atoms with E-state index >= 15 is 0 Å². The van der Waals surface area contributed by atoms with Crippen molar-refractivity contribution in [3.63, 3.8) is 0 Å². The van der Waals surface area contributed by atoms with Gasteiger partial charge in [0.25, 0.3) is 0 Å². The third kappa shape index (κ3) is 6.10. The summed E-state index contributed by atoms with van der Waals surface area (Å²) in [7, 11) is 0. The number of esters is 1. The highest BCUT2D eigenvalue weighted by molar-refractivity contribution is 9.10. The highest BCUT2D eigenvalue weighted by Gasteiger charge is 2.20. The lowest BCUT2D eigenvalue weighted by atomic mass is 9.92. The molecule has 1 aromatic carbocycles. The predicted octanol–water partition coefficient (Wildman–Crippen LogP) is 4.19. The summed E-state index contributed by atoms with van der Waals surface area (Å²) in [6.07, 6.45) is 4.60. The van der Waals surface area contributed by atoms with Gasteiger partial charge in [0.15, 0.2) is 0 Å². The molecule has 4 nitrogen and oxygen atoms in total. The molecule has 0 spiro atoms. The molecule has 134 valence electrons. The number of carbonyl (C=O) groups is 1. The van der Waals surface area contributed by atoms with Crippen molar-refractivity contribution in [3.8, 4) is 5.75 Å². The second-order valence-corrected chi connectivity index (χ2v) is 7.23. The lowest BCUT2D eigenvalue weighted by molar-refractivity contribution is -0.144. The van der Waals surface area contributed by atoms with E-state index in [9.17, 15) is 4.79 Å². The molecule has 1 aromatic rings. The maximum atomic E-state index is 11.5. The van der Waals surface area contributed by atoms with Gasteiger partial charge in [-0.25, -0.2) is 0 Å². The summed E-state index contributed by atoms with van der Waals surface area (Å²) >= 11 is 3.53. The van der Waals surface area contributed by atoms with E-state index in [1.165, 1.54) is 6.42 Å². The molecule has 0 unspecified atom stereocenters. The predicted molar refractivity (Wildman–Crippen MR) is 99.4 cm³/mol. The van der Waals surface area contributed by atoms with Crippen LogP contribution in [-0.4, -0.2) is 43.7 Å². The minimum atomic E-state index is -0.103. The van der Waals surface area contributed by atoms with E-state index in [1.807, 2.05) is 25.1 Å². The van der Waals surface area contributed by atoms with E-state index in [4.69, 9.17) is 9.47 Å². The maximum absolute atomic E-state index is 11.5. The van der Waals surface area contributed by atoms with Crippen LogP contribution >= 0.6 is 15.9 Å². The number of hydrogen-bond acceptors (Lipinski definition) is 4. The third-order valence-corrected chi connectivity index (χ3v) is 5.46. The van der Waals surface area contributed by atoms with Crippen molar-refractivity contribution in [3.05, 3.63) is 28.2 Å². The first-order valence-electron chi connectivity index (χ1n) is 8.86. The molecule has 1 heterocycles. The van der Waals surface area contributed by atoms with E-state index in [0.717, 1.165) is 60.7 Å². The number of carbonyl (C=O) groups excluding carboxylic acids is 1. The van der Waals surface area contributed by atoms with Gasteiger partial charge in [-0.3, -0.25) is 9.69 Å². The molecule has 1 aliphatic heterocycles. The fourth-order valence-corrected chi connectivity index (χ4v) is 3.47. The highest BCUT2D eigenvalue weighted by Crippen LogP contribution is 2.26. The van der Waals surface area contributed by atoms with Gasteiger partial charge in [-0.05, 0) is 70.7 Å². The van der Waals surface area contributed by atoms with Crippen molar-refractivity contribution in [1.82, 2.24) is 4.90 Å². The van der Waals surface area contributed by atoms with Crippen LogP contribution in [0.15, 0.2) is 22.7 Å². The summed E-state index contributed by atoms with van der Waals surface area (Å²) in [5.74, 6) is 1.61. The summed E-state index contributed by atoms with van der Waals surface area (Å²) in [5, 5.41) is 0. The number of likely N-dealkylation sites (tertiary alicyclic amines) is 1. The molecule has 5 heteroatoms. The summed E-state index contributed by atoms with van der Waals surface area (Å²) in [6.45, 7) is 7.57. The Morgan fingerprint density at radius 2 is 2.08 bits per heavy atom. The van der Waals surface area contributed by atoms with Gasteiger partial charge in [0.05, 0.1) is 19.8 Å². The zero-order valence-electron chi connectivity index (χ0n) is 14.7. The third-order valence-electron chi connectivity index (χ3n) is 4.60. The molecule has 0 saturated carbocycles. The Bertz CT molecular complexity index is 527. The van der Waals surface area contributed by atoms with Gasteiger partial charge >= 0.3 is 5.97 Å². The lowest BCUT2D eigenvalue weighted by Gasteiger charge is -2.31. The standard InChI is InChI=1S/C19H28BrNO3/c1-3-23-19(22)14-21-11-9-16(10-12-21)6-5-13-24-18-8-4-7-17(20)15(18)2/h4,7-8,16H,3,5-6,9-14H2,1-2H3. The summed E-state index contributed by atoms with van der Waals surface area (Å²) in [5.41, 5.74) is 1.16. The van der Waals surface area contributed by atoms with Gasteiger partial charge in [0, 0.05) is 10.0 Å². The lowest BCUT2D eigenvalue weighted by Crippen LogP contribution is -2.38. The highest BCUT2D eigenvalue weighted by atomic mass is 79.9. The molecule has 0 bridgehead atoms. The first-order valence-corrected chi connectivity index (χ1v) is 9.65. The Labute approximate surface area is 153 Å². The molecule has 0 aromatic heterocycles. The second kappa shape index (κ2) is 10.0. The number of ether oxygens (including phenoxy) is 2. The number of hydrogen-bond donors (Lipinski definition) is 0. The van der Waals surface area contributed by atoms with E-state index in [-0.39, 0.29) is 5.97 Å². The van der Waals surface area contributed by atoms with Gasteiger partial charge in [0.1, 0.15) is 5.75 Å². The molecule has 0 radical (unpaired) electrons. The summed E-state index contributed by atoms with van der Waals surface area (Å²) in [6, 6.07) is 6.06. The van der Waals surface area contributed by atoms with Crippen molar-refractivity contribution in [1.29, 1.82) is 0 Å². The van der Waals surface area contributed by atoms with Crippen LogP contribution in [0.5, 0.6) is 5.75 Å². The van der Waals surface area contributed by atoms with Crippen LogP contribution in [0, 0.1) is 12.8 Å². The quantitative estimate of drug-likeness (QED) is 0.486. The molecule has 0 atom stereocenters. The van der Waals surface area contributed by atoms with Crippen LogP contribution in [0.2, 0.25) is 0 Å². The molecule has 0 aliphatic carbocycles. The smallest absolute Gasteiger partial charge is 0.320 e. The van der Waals surface area contributed by atoms with Crippen molar-refractivity contribution in [2.24, 2.45) is 5.92 Å². The maximum Gasteiger partial charge on any atom is 0.320 e. The number of nitrogens with zero attached hydrogens (tertiary/aromatic N) is 1. The molecule has 1 fully saturated rings. The zero-order valence-corrected chi connectivity index (χ0v) is 16.3. The van der Waals surface area contributed by atoms with Crippen molar-refractivity contribution in [2.75, 3.05) is 32.8 Å². The van der Waals surface area contributed by atoms with Crippen molar-refractivity contribution in [2.45, 2.75) is 39.5 Å².